The second kappa shape index (κ2) is 3.80. The van der Waals surface area contributed by atoms with Crippen LogP contribution < -0.4 is 8.38 Å². The molecule has 0 saturated carbocycles. The summed E-state index contributed by atoms with van der Waals surface area (Å²) in [5, 5.41) is 3.06. The first kappa shape index (κ1) is 8.64. The molecule has 0 heterocycles. The van der Waals surface area contributed by atoms with Crippen molar-refractivity contribution >= 4 is 28.7 Å². The number of hydrogen-bond donors (Lipinski definition) is 1. The molecule has 0 bridgehead atoms. The predicted octanol–water partition coefficient (Wildman–Crippen LogP) is 2.77. The summed E-state index contributed by atoms with van der Waals surface area (Å²) in [7, 11) is 1.88. The summed E-state index contributed by atoms with van der Waals surface area (Å²) in [5.74, 6) is 0.874. The quantitative estimate of drug-likeness (QED) is 0.828. The number of rotatable bonds is 2. The first-order valence-corrected chi connectivity index (χ1v) is 4.23. The highest BCUT2D eigenvalue weighted by molar-refractivity contribution is 14.1. The van der Waals surface area contributed by atoms with Gasteiger partial charge in [-0.15, -0.1) is 0 Å². The Kier molecular flexibility index (Phi) is 2.99. The molecular formula is C8H10INO. The molecule has 0 radical (unpaired) electrons. The number of benzene rings is 1. The Balaban J connectivity index is 3.06. The SMILES string of the molecule is CNc1cc(C)ccc1OI. The Morgan fingerprint density at radius 3 is 2.73 bits per heavy atom. The van der Waals surface area contributed by atoms with Crippen LogP contribution in [0.2, 0.25) is 0 Å². The van der Waals surface area contributed by atoms with Crippen LogP contribution in [0.25, 0.3) is 0 Å². The van der Waals surface area contributed by atoms with Gasteiger partial charge >= 0.3 is 0 Å². The average molecular weight is 263 g/mol. The molecule has 1 aromatic rings. The number of nitrogens with one attached hydrogen (secondary N) is 1. The first-order valence-electron chi connectivity index (χ1n) is 3.35. The molecule has 1 N–H and O–H groups in total. The summed E-state index contributed by atoms with van der Waals surface area (Å²) in [6, 6.07) is 6.02. The fourth-order valence-electron chi connectivity index (χ4n) is 0.906. The summed E-state index contributed by atoms with van der Waals surface area (Å²) in [6.45, 7) is 2.05. The molecule has 0 aliphatic carbocycles. The van der Waals surface area contributed by atoms with Crippen molar-refractivity contribution in [2.45, 2.75) is 6.92 Å². The van der Waals surface area contributed by atoms with Crippen LogP contribution in [0.3, 0.4) is 0 Å². The van der Waals surface area contributed by atoms with Gasteiger partial charge in [-0.3, -0.25) is 0 Å². The predicted molar refractivity (Wildman–Crippen MR) is 55.4 cm³/mol. The highest BCUT2D eigenvalue weighted by Gasteiger charge is 1.99. The van der Waals surface area contributed by atoms with Gasteiger partial charge in [-0.2, -0.15) is 0 Å². The molecule has 0 aliphatic heterocycles. The lowest BCUT2D eigenvalue weighted by Crippen LogP contribution is -1.90. The molecule has 11 heavy (non-hydrogen) atoms. The number of halogens is 1. The van der Waals surface area contributed by atoms with Gasteiger partial charge in [0.2, 0.25) is 0 Å². The van der Waals surface area contributed by atoms with Gasteiger partial charge in [-0.05, 0) is 24.6 Å². The number of anilines is 1. The fraction of sp³-hybridized carbons (Fsp3) is 0.250. The Morgan fingerprint density at radius 2 is 2.18 bits per heavy atom. The van der Waals surface area contributed by atoms with E-state index in [-0.39, 0.29) is 0 Å². The summed E-state index contributed by atoms with van der Waals surface area (Å²) < 4.78 is 5.10. The van der Waals surface area contributed by atoms with E-state index in [1.165, 1.54) is 5.56 Å². The molecule has 0 atom stereocenters. The monoisotopic (exact) mass is 263 g/mol. The molecule has 0 amide bonds. The van der Waals surface area contributed by atoms with Crippen molar-refractivity contribution in [1.29, 1.82) is 0 Å². The van der Waals surface area contributed by atoms with Crippen molar-refractivity contribution in [1.82, 2.24) is 0 Å². The van der Waals surface area contributed by atoms with Crippen molar-refractivity contribution in [2.75, 3.05) is 12.4 Å². The maximum Gasteiger partial charge on any atom is 0.192 e. The van der Waals surface area contributed by atoms with Crippen molar-refractivity contribution < 1.29 is 3.07 Å². The van der Waals surface area contributed by atoms with Crippen LogP contribution in [0.5, 0.6) is 5.75 Å². The van der Waals surface area contributed by atoms with Crippen LogP contribution in [0.1, 0.15) is 5.56 Å². The van der Waals surface area contributed by atoms with E-state index in [0.29, 0.717) is 0 Å². The summed E-state index contributed by atoms with van der Waals surface area (Å²) >= 11 is 1.87. The normalized spacial score (nSPS) is 9.36. The van der Waals surface area contributed by atoms with E-state index in [1.54, 1.807) is 0 Å². The molecule has 60 valence electrons. The zero-order valence-electron chi connectivity index (χ0n) is 6.52. The van der Waals surface area contributed by atoms with Crippen LogP contribution >= 0.6 is 23.0 Å². The minimum Gasteiger partial charge on any atom is -0.425 e. The van der Waals surface area contributed by atoms with Gasteiger partial charge in [0.25, 0.3) is 0 Å². The van der Waals surface area contributed by atoms with E-state index in [2.05, 4.69) is 12.2 Å². The number of aryl methyl sites for hydroxylation is 1. The molecule has 1 rings (SSSR count). The maximum atomic E-state index is 5.10. The van der Waals surface area contributed by atoms with Gasteiger partial charge in [0.15, 0.2) is 28.8 Å². The second-order valence-corrected chi connectivity index (χ2v) is 2.77. The molecule has 0 spiro atoms. The Bertz CT molecular complexity index is 250. The zero-order valence-corrected chi connectivity index (χ0v) is 8.68. The topological polar surface area (TPSA) is 21.3 Å². The largest absolute Gasteiger partial charge is 0.425 e. The zero-order chi connectivity index (χ0) is 8.27. The smallest absolute Gasteiger partial charge is 0.192 e. The van der Waals surface area contributed by atoms with E-state index in [1.807, 2.05) is 48.3 Å². The molecule has 0 aliphatic rings. The third-order valence-electron chi connectivity index (χ3n) is 1.49. The van der Waals surface area contributed by atoms with E-state index in [0.717, 1.165) is 11.4 Å². The first-order chi connectivity index (χ1) is 5.27. The Morgan fingerprint density at radius 1 is 1.45 bits per heavy atom. The van der Waals surface area contributed by atoms with Crippen molar-refractivity contribution in [2.24, 2.45) is 0 Å². The van der Waals surface area contributed by atoms with Gasteiger partial charge in [-0.1, -0.05) is 6.07 Å². The lowest BCUT2D eigenvalue weighted by atomic mass is 10.2. The molecule has 2 nitrogen and oxygen atoms in total. The average Bonchev–Trinajstić information content (AvgIpc) is 2.04. The lowest BCUT2D eigenvalue weighted by Gasteiger charge is -2.06. The minimum absolute atomic E-state index is 0.874. The molecule has 0 unspecified atom stereocenters. The van der Waals surface area contributed by atoms with Crippen LogP contribution in [-0.4, -0.2) is 7.05 Å². The van der Waals surface area contributed by atoms with Crippen molar-refractivity contribution in [3.05, 3.63) is 23.8 Å². The summed E-state index contributed by atoms with van der Waals surface area (Å²) in [6.07, 6.45) is 0. The van der Waals surface area contributed by atoms with Gasteiger partial charge in [0, 0.05) is 7.05 Å². The maximum absolute atomic E-state index is 5.10. The van der Waals surface area contributed by atoms with E-state index in [4.69, 9.17) is 3.07 Å². The van der Waals surface area contributed by atoms with E-state index >= 15 is 0 Å². The van der Waals surface area contributed by atoms with Crippen molar-refractivity contribution in [3.63, 3.8) is 0 Å². The van der Waals surface area contributed by atoms with E-state index in [9.17, 15) is 0 Å². The third-order valence-corrected chi connectivity index (χ3v) is 1.96. The molecule has 0 fully saturated rings. The van der Waals surface area contributed by atoms with Gasteiger partial charge in [-0.25, -0.2) is 0 Å². The van der Waals surface area contributed by atoms with Gasteiger partial charge in [0.05, 0.1) is 5.69 Å². The van der Waals surface area contributed by atoms with Gasteiger partial charge < -0.3 is 8.38 Å². The van der Waals surface area contributed by atoms with Crippen LogP contribution in [0.4, 0.5) is 5.69 Å². The van der Waals surface area contributed by atoms with Crippen LogP contribution in [-0.2, 0) is 0 Å². The second-order valence-electron chi connectivity index (χ2n) is 2.33. The molecule has 1 aromatic carbocycles. The molecule has 0 saturated heterocycles. The van der Waals surface area contributed by atoms with Crippen molar-refractivity contribution in [3.8, 4) is 5.75 Å². The molecule has 3 heteroatoms. The standard InChI is InChI=1S/C8H10INO/c1-6-3-4-8(11-9)7(5-6)10-2/h3-5,10H,1-2H3. The Hall–Kier alpha value is -0.450. The van der Waals surface area contributed by atoms with Crippen LogP contribution in [0.15, 0.2) is 18.2 Å². The summed E-state index contributed by atoms with van der Waals surface area (Å²) in [5.41, 5.74) is 2.26. The highest BCUT2D eigenvalue weighted by Crippen LogP contribution is 2.26. The van der Waals surface area contributed by atoms with Crippen LogP contribution in [0, 0.1) is 6.92 Å². The van der Waals surface area contributed by atoms with E-state index < -0.39 is 0 Å². The molecule has 0 aromatic heterocycles. The highest BCUT2D eigenvalue weighted by atomic mass is 127. The van der Waals surface area contributed by atoms with Gasteiger partial charge in [0.1, 0.15) is 0 Å². The Labute approximate surface area is 80.6 Å². The lowest BCUT2D eigenvalue weighted by molar-refractivity contribution is 0.719. The minimum atomic E-state index is 0.874. The molecular weight excluding hydrogens is 253 g/mol. The number of hydrogen-bond acceptors (Lipinski definition) is 2. The fourth-order valence-corrected chi connectivity index (χ4v) is 1.29. The third kappa shape index (κ3) is 1.99. The summed E-state index contributed by atoms with van der Waals surface area (Å²) in [4.78, 5) is 0.